The highest BCUT2D eigenvalue weighted by atomic mass is 16.5. The molecule has 1 N–H and O–H groups in total. The molecule has 3 heterocycles. The zero-order chi connectivity index (χ0) is 20.7. The summed E-state index contributed by atoms with van der Waals surface area (Å²) in [4.78, 5) is 6.83. The minimum Gasteiger partial charge on any atom is -0.493 e. The van der Waals surface area contributed by atoms with E-state index in [1.54, 1.807) is 20.4 Å². The molecule has 7 nitrogen and oxygen atoms in total. The van der Waals surface area contributed by atoms with Crippen molar-refractivity contribution in [3.05, 3.63) is 42.1 Å². The molecular formula is C23H21N5O2. The molecule has 1 fully saturated rings. The molecule has 0 aliphatic carbocycles. The number of H-pyrrole nitrogens is 1. The Kier molecular flexibility index (Phi) is 4.40. The van der Waals surface area contributed by atoms with E-state index in [4.69, 9.17) is 9.47 Å². The molecule has 5 rings (SSSR count). The summed E-state index contributed by atoms with van der Waals surface area (Å²) in [6.45, 7) is 1.95. The summed E-state index contributed by atoms with van der Waals surface area (Å²) in [5.74, 6) is 1.28. The highest BCUT2D eigenvalue weighted by molar-refractivity contribution is 6.11. The zero-order valence-corrected chi connectivity index (χ0v) is 16.9. The van der Waals surface area contributed by atoms with E-state index in [9.17, 15) is 5.26 Å². The van der Waals surface area contributed by atoms with Crippen LogP contribution in [0.1, 0.15) is 18.4 Å². The highest BCUT2D eigenvalue weighted by Gasteiger charge is 2.20. The number of pyridine rings is 1. The van der Waals surface area contributed by atoms with Crippen LogP contribution in [0.2, 0.25) is 0 Å². The van der Waals surface area contributed by atoms with Gasteiger partial charge < -0.3 is 14.4 Å². The molecule has 0 atom stereocenters. The van der Waals surface area contributed by atoms with Crippen molar-refractivity contribution in [3.63, 3.8) is 0 Å². The number of nitriles is 1. The molecule has 1 aliphatic heterocycles. The fraction of sp³-hybridized carbons (Fsp3) is 0.261. The largest absolute Gasteiger partial charge is 0.493 e. The Balaban J connectivity index is 1.74. The van der Waals surface area contributed by atoms with Crippen LogP contribution in [0.5, 0.6) is 11.5 Å². The van der Waals surface area contributed by atoms with Gasteiger partial charge in [0.25, 0.3) is 0 Å². The third-order valence-corrected chi connectivity index (χ3v) is 5.74. The van der Waals surface area contributed by atoms with Crippen LogP contribution < -0.4 is 14.4 Å². The van der Waals surface area contributed by atoms with Gasteiger partial charge in [-0.05, 0) is 31.0 Å². The number of ether oxygens (including phenoxy) is 2. The first-order chi connectivity index (χ1) is 14.7. The minimum atomic E-state index is 0.636. The molecule has 1 saturated heterocycles. The molecule has 4 aromatic rings. The fourth-order valence-corrected chi connectivity index (χ4v) is 4.23. The third-order valence-electron chi connectivity index (χ3n) is 5.74. The van der Waals surface area contributed by atoms with Crippen LogP contribution in [0, 0.1) is 11.3 Å². The number of methoxy groups -OCH3 is 2. The van der Waals surface area contributed by atoms with Crippen LogP contribution in [0.3, 0.4) is 0 Å². The summed E-state index contributed by atoms with van der Waals surface area (Å²) < 4.78 is 10.9. The number of nitrogens with one attached hydrogen (secondary N) is 1. The first-order valence-corrected chi connectivity index (χ1v) is 9.91. The highest BCUT2D eigenvalue weighted by Crippen LogP contribution is 2.39. The van der Waals surface area contributed by atoms with Gasteiger partial charge in [-0.1, -0.05) is 6.07 Å². The van der Waals surface area contributed by atoms with E-state index in [0.717, 1.165) is 64.7 Å². The van der Waals surface area contributed by atoms with Crippen molar-refractivity contribution in [2.24, 2.45) is 0 Å². The zero-order valence-electron chi connectivity index (χ0n) is 16.9. The Labute approximate surface area is 173 Å². The van der Waals surface area contributed by atoms with Gasteiger partial charge in [0.05, 0.1) is 42.7 Å². The summed E-state index contributed by atoms with van der Waals surface area (Å²) in [5, 5.41) is 19.2. The summed E-state index contributed by atoms with van der Waals surface area (Å²) in [5.41, 5.74) is 5.10. The number of rotatable bonds is 4. The van der Waals surface area contributed by atoms with E-state index in [2.05, 4.69) is 32.2 Å². The van der Waals surface area contributed by atoms with Crippen LogP contribution in [0.4, 0.5) is 5.69 Å². The van der Waals surface area contributed by atoms with Crippen LogP contribution in [-0.2, 0) is 0 Å². The maximum absolute atomic E-state index is 9.59. The number of aromatic nitrogens is 3. The van der Waals surface area contributed by atoms with Gasteiger partial charge in [0.15, 0.2) is 11.5 Å². The van der Waals surface area contributed by atoms with Gasteiger partial charge in [-0.25, -0.2) is 0 Å². The van der Waals surface area contributed by atoms with Crippen molar-refractivity contribution >= 4 is 27.5 Å². The number of benzene rings is 2. The number of nitrogens with zero attached hydrogens (tertiary/aromatic N) is 4. The van der Waals surface area contributed by atoms with E-state index >= 15 is 0 Å². The molecule has 0 amide bonds. The van der Waals surface area contributed by atoms with Crippen molar-refractivity contribution in [1.29, 1.82) is 5.26 Å². The van der Waals surface area contributed by atoms with Crippen LogP contribution in [0.15, 0.2) is 36.5 Å². The Hall–Kier alpha value is -3.79. The summed E-state index contributed by atoms with van der Waals surface area (Å²) in [7, 11) is 3.23. The van der Waals surface area contributed by atoms with Gasteiger partial charge in [0.1, 0.15) is 11.8 Å². The van der Waals surface area contributed by atoms with Gasteiger partial charge in [-0.3, -0.25) is 10.1 Å². The van der Waals surface area contributed by atoms with E-state index in [1.807, 2.05) is 24.3 Å². The van der Waals surface area contributed by atoms with Crippen molar-refractivity contribution in [2.75, 3.05) is 32.2 Å². The Morgan fingerprint density at radius 1 is 1.07 bits per heavy atom. The number of hydrogen-bond donors (Lipinski definition) is 1. The van der Waals surface area contributed by atoms with E-state index in [-0.39, 0.29) is 0 Å². The first kappa shape index (κ1) is 18.3. The predicted octanol–water partition coefficient (Wildman–Crippen LogP) is 4.27. The van der Waals surface area contributed by atoms with Gasteiger partial charge in [-0.2, -0.15) is 10.4 Å². The van der Waals surface area contributed by atoms with E-state index in [0.29, 0.717) is 17.1 Å². The molecule has 2 aromatic carbocycles. The van der Waals surface area contributed by atoms with Crippen LogP contribution in [0.25, 0.3) is 33.1 Å². The average Bonchev–Trinajstić information content (AvgIpc) is 3.48. The Morgan fingerprint density at radius 2 is 1.83 bits per heavy atom. The van der Waals surface area contributed by atoms with Crippen molar-refractivity contribution in [3.8, 4) is 28.8 Å². The lowest BCUT2D eigenvalue weighted by Gasteiger charge is -2.19. The number of anilines is 1. The molecule has 0 saturated carbocycles. The molecule has 7 heteroatoms. The van der Waals surface area contributed by atoms with Gasteiger partial charge in [-0.15, -0.1) is 0 Å². The molecule has 0 spiro atoms. The monoisotopic (exact) mass is 399 g/mol. The van der Waals surface area contributed by atoms with Gasteiger partial charge in [0, 0.05) is 35.5 Å². The maximum Gasteiger partial charge on any atom is 0.162 e. The van der Waals surface area contributed by atoms with E-state index in [1.165, 1.54) is 0 Å². The second-order valence-electron chi connectivity index (χ2n) is 7.38. The second kappa shape index (κ2) is 7.23. The Morgan fingerprint density at radius 3 is 2.57 bits per heavy atom. The van der Waals surface area contributed by atoms with Crippen molar-refractivity contribution in [2.45, 2.75) is 12.8 Å². The normalized spacial score (nSPS) is 13.7. The van der Waals surface area contributed by atoms with Crippen molar-refractivity contribution < 1.29 is 9.47 Å². The van der Waals surface area contributed by atoms with Gasteiger partial charge >= 0.3 is 0 Å². The SMILES string of the molecule is COc1cc2ncc3[nH]nc(-c4ccc(C#N)c(N5CCCC5)c4)c3c2cc1OC. The molecule has 0 bridgehead atoms. The maximum atomic E-state index is 9.59. The van der Waals surface area contributed by atoms with Crippen LogP contribution in [-0.4, -0.2) is 42.5 Å². The predicted molar refractivity (Wildman–Crippen MR) is 116 cm³/mol. The first-order valence-electron chi connectivity index (χ1n) is 9.91. The fourth-order valence-electron chi connectivity index (χ4n) is 4.23. The standard InChI is InChI=1S/C23H21N5O2/c1-29-20-10-16-17(11-21(20)30-2)25-13-18-22(16)23(27-26-18)14-5-6-15(12-24)19(9-14)28-7-3-4-8-28/h5-6,9-11,13H,3-4,7-8H2,1-2H3,(H,26,27). The number of fused-ring (bicyclic) bond motifs is 3. The van der Waals surface area contributed by atoms with Crippen LogP contribution >= 0.6 is 0 Å². The molecule has 0 unspecified atom stereocenters. The quantitative estimate of drug-likeness (QED) is 0.551. The molecule has 2 aromatic heterocycles. The third kappa shape index (κ3) is 2.80. The lowest BCUT2D eigenvalue weighted by molar-refractivity contribution is 0.356. The van der Waals surface area contributed by atoms with Crippen molar-refractivity contribution in [1.82, 2.24) is 15.2 Å². The molecule has 30 heavy (non-hydrogen) atoms. The lowest BCUT2D eigenvalue weighted by Crippen LogP contribution is -2.18. The average molecular weight is 399 g/mol. The summed E-state index contributed by atoms with van der Waals surface area (Å²) >= 11 is 0. The number of hydrogen-bond acceptors (Lipinski definition) is 6. The molecular weight excluding hydrogens is 378 g/mol. The molecule has 1 aliphatic rings. The van der Waals surface area contributed by atoms with Gasteiger partial charge in [0.2, 0.25) is 0 Å². The van der Waals surface area contributed by atoms with E-state index < -0.39 is 0 Å². The topological polar surface area (TPSA) is 87.1 Å². The molecule has 0 radical (unpaired) electrons. The number of aromatic amines is 1. The molecule has 150 valence electrons. The summed E-state index contributed by atoms with van der Waals surface area (Å²) in [6.07, 6.45) is 4.09. The summed E-state index contributed by atoms with van der Waals surface area (Å²) in [6, 6.07) is 12.1. The Bertz CT molecular complexity index is 1300. The lowest BCUT2D eigenvalue weighted by atomic mass is 10.0. The smallest absolute Gasteiger partial charge is 0.162 e. The second-order valence-corrected chi connectivity index (χ2v) is 7.38. The minimum absolute atomic E-state index is 0.636.